The number of H-pyrrole nitrogens is 1. The van der Waals surface area contributed by atoms with Gasteiger partial charge in [0.15, 0.2) is 6.29 Å². The number of aromatic nitrogens is 3. The zero-order chi connectivity index (χ0) is 12.1. The highest BCUT2D eigenvalue weighted by atomic mass is 16.7. The number of rotatable bonds is 5. The summed E-state index contributed by atoms with van der Waals surface area (Å²) in [5, 5.41) is 14.9. The molecule has 0 fully saturated rings. The Kier molecular flexibility index (Phi) is 4.35. The van der Waals surface area contributed by atoms with Crippen LogP contribution in [0, 0.1) is 6.33 Å². The second kappa shape index (κ2) is 5.54. The van der Waals surface area contributed by atoms with Crippen LogP contribution in [0.2, 0.25) is 0 Å². The van der Waals surface area contributed by atoms with E-state index < -0.39 is 23.5 Å². The quantitative estimate of drug-likeness (QED) is 0.435. The molecule has 1 radical (unpaired) electrons. The zero-order valence-electron chi connectivity index (χ0n) is 8.84. The van der Waals surface area contributed by atoms with Gasteiger partial charge < -0.3 is 14.6 Å². The first-order chi connectivity index (χ1) is 7.60. The Balaban J connectivity index is 2.85. The maximum atomic E-state index is 11.3. The van der Waals surface area contributed by atoms with Crippen molar-refractivity contribution in [3.63, 3.8) is 0 Å². The van der Waals surface area contributed by atoms with Crippen LogP contribution in [0.15, 0.2) is 9.59 Å². The molecule has 1 atom stereocenters. The van der Waals surface area contributed by atoms with Crippen molar-refractivity contribution in [3.05, 3.63) is 27.0 Å². The highest BCUT2D eigenvalue weighted by Crippen LogP contribution is 2.00. The Hall–Kier alpha value is -1.51. The molecule has 1 rings (SSSR count). The molecule has 1 aromatic rings. The van der Waals surface area contributed by atoms with Crippen molar-refractivity contribution in [1.82, 2.24) is 14.8 Å². The molecule has 0 spiro atoms. The van der Waals surface area contributed by atoms with Crippen molar-refractivity contribution < 1.29 is 14.6 Å². The van der Waals surface area contributed by atoms with Gasteiger partial charge in [-0.1, -0.05) is 0 Å². The standard InChI is InChI=1S/C8H12N3O5/c1-15-8(16-2)5(12)3-11-4-9-10-6(13)7(11)14/h5,8,12H,3H2,1-2H3,(H,10,13). The molecule has 8 heteroatoms. The fraction of sp³-hybridized carbons (Fsp3) is 0.625. The molecule has 0 aliphatic rings. The lowest BCUT2D eigenvalue weighted by Crippen LogP contribution is -2.42. The van der Waals surface area contributed by atoms with Gasteiger partial charge in [0.1, 0.15) is 6.10 Å². The van der Waals surface area contributed by atoms with Crippen LogP contribution in [0.5, 0.6) is 0 Å². The van der Waals surface area contributed by atoms with Crippen LogP contribution in [-0.2, 0) is 16.0 Å². The van der Waals surface area contributed by atoms with Crippen molar-refractivity contribution in [3.8, 4) is 0 Å². The van der Waals surface area contributed by atoms with E-state index in [0.717, 1.165) is 4.57 Å². The van der Waals surface area contributed by atoms with E-state index in [2.05, 4.69) is 11.4 Å². The summed E-state index contributed by atoms with van der Waals surface area (Å²) >= 11 is 0. The summed E-state index contributed by atoms with van der Waals surface area (Å²) in [6.07, 6.45) is 0.246. The topological polar surface area (TPSA) is 106 Å². The Morgan fingerprint density at radius 3 is 2.69 bits per heavy atom. The van der Waals surface area contributed by atoms with Gasteiger partial charge >= 0.3 is 11.1 Å². The van der Waals surface area contributed by atoms with E-state index >= 15 is 0 Å². The van der Waals surface area contributed by atoms with Crippen LogP contribution in [0.1, 0.15) is 0 Å². The van der Waals surface area contributed by atoms with Crippen molar-refractivity contribution in [2.45, 2.75) is 18.9 Å². The van der Waals surface area contributed by atoms with Gasteiger partial charge in [-0.15, -0.1) is 0 Å². The Morgan fingerprint density at radius 1 is 1.50 bits per heavy atom. The molecule has 0 amide bonds. The highest BCUT2D eigenvalue weighted by Gasteiger charge is 2.19. The predicted octanol–water partition coefficient (Wildman–Crippen LogP) is -2.29. The number of aromatic amines is 1. The normalized spacial score (nSPS) is 13.0. The molecule has 89 valence electrons. The first-order valence-corrected chi connectivity index (χ1v) is 4.41. The van der Waals surface area contributed by atoms with Crippen molar-refractivity contribution in [1.29, 1.82) is 0 Å². The highest BCUT2D eigenvalue weighted by molar-refractivity contribution is 4.75. The second-order valence-electron chi connectivity index (χ2n) is 2.98. The van der Waals surface area contributed by atoms with Gasteiger partial charge in [-0.25, -0.2) is 5.10 Å². The molecule has 0 aromatic carbocycles. The fourth-order valence-electron chi connectivity index (χ4n) is 1.16. The average Bonchev–Trinajstić information content (AvgIpc) is 2.26. The van der Waals surface area contributed by atoms with Crippen LogP contribution in [0.4, 0.5) is 0 Å². The third-order valence-electron chi connectivity index (χ3n) is 1.92. The van der Waals surface area contributed by atoms with Gasteiger partial charge in [-0.3, -0.25) is 14.2 Å². The Labute approximate surface area is 90.4 Å². The molecule has 0 bridgehead atoms. The molecule has 0 saturated carbocycles. The summed E-state index contributed by atoms with van der Waals surface area (Å²) in [6, 6.07) is 0. The van der Waals surface area contributed by atoms with Crippen LogP contribution in [0.25, 0.3) is 0 Å². The largest absolute Gasteiger partial charge is 0.386 e. The fourth-order valence-corrected chi connectivity index (χ4v) is 1.16. The SMILES string of the molecule is COC(OC)C(O)Cn1[c]n[nH]c(=O)c1=O. The van der Waals surface area contributed by atoms with Gasteiger partial charge in [0.2, 0.25) is 6.33 Å². The molecule has 8 nitrogen and oxygen atoms in total. The van der Waals surface area contributed by atoms with Crippen LogP contribution in [0.3, 0.4) is 0 Å². The van der Waals surface area contributed by atoms with Crippen LogP contribution < -0.4 is 11.1 Å². The van der Waals surface area contributed by atoms with Crippen molar-refractivity contribution in [2.24, 2.45) is 0 Å². The zero-order valence-corrected chi connectivity index (χ0v) is 8.84. The number of aliphatic hydroxyl groups excluding tert-OH is 1. The summed E-state index contributed by atoms with van der Waals surface area (Å²) in [6.45, 7) is -0.192. The lowest BCUT2D eigenvalue weighted by molar-refractivity contribution is -0.167. The summed E-state index contributed by atoms with van der Waals surface area (Å²) in [5.41, 5.74) is -1.72. The van der Waals surface area contributed by atoms with E-state index in [1.807, 2.05) is 5.10 Å². The van der Waals surface area contributed by atoms with Gasteiger partial charge in [0, 0.05) is 14.2 Å². The maximum Gasteiger partial charge on any atom is 0.330 e. The summed E-state index contributed by atoms with van der Waals surface area (Å²) in [4.78, 5) is 22.2. The minimum Gasteiger partial charge on any atom is -0.386 e. The minimum atomic E-state index is -1.10. The van der Waals surface area contributed by atoms with E-state index in [4.69, 9.17) is 9.47 Å². The average molecular weight is 230 g/mol. The first-order valence-electron chi connectivity index (χ1n) is 4.41. The van der Waals surface area contributed by atoms with E-state index in [1.165, 1.54) is 14.2 Å². The van der Waals surface area contributed by atoms with E-state index in [0.29, 0.717) is 0 Å². The van der Waals surface area contributed by atoms with Gasteiger partial charge in [-0.2, -0.15) is 5.10 Å². The smallest absolute Gasteiger partial charge is 0.330 e. The third kappa shape index (κ3) is 2.75. The first kappa shape index (κ1) is 12.6. The summed E-state index contributed by atoms with van der Waals surface area (Å²) in [7, 11) is 2.69. The molecular formula is C8H12N3O5. The third-order valence-corrected chi connectivity index (χ3v) is 1.92. The number of aliphatic hydroxyl groups is 1. The van der Waals surface area contributed by atoms with E-state index in [1.54, 1.807) is 0 Å². The molecule has 2 N–H and O–H groups in total. The second-order valence-corrected chi connectivity index (χ2v) is 2.98. The predicted molar refractivity (Wildman–Crippen MR) is 51.8 cm³/mol. The monoisotopic (exact) mass is 230 g/mol. The maximum absolute atomic E-state index is 11.3. The molecule has 1 heterocycles. The summed E-state index contributed by atoms with van der Waals surface area (Å²) in [5.74, 6) is 0. The number of ether oxygens (including phenoxy) is 2. The lowest BCUT2D eigenvalue weighted by Gasteiger charge is -2.19. The molecular weight excluding hydrogens is 218 g/mol. The molecule has 0 aliphatic carbocycles. The number of hydrogen-bond donors (Lipinski definition) is 2. The lowest BCUT2D eigenvalue weighted by atomic mass is 10.3. The Morgan fingerprint density at radius 2 is 2.12 bits per heavy atom. The van der Waals surface area contributed by atoms with Crippen molar-refractivity contribution in [2.75, 3.05) is 14.2 Å². The van der Waals surface area contributed by atoms with E-state index in [-0.39, 0.29) is 6.54 Å². The van der Waals surface area contributed by atoms with Gasteiger partial charge in [0.25, 0.3) is 0 Å². The van der Waals surface area contributed by atoms with E-state index in [9.17, 15) is 14.7 Å². The number of nitrogens with one attached hydrogen (secondary N) is 1. The number of nitrogens with zero attached hydrogens (tertiary/aromatic N) is 2. The summed E-state index contributed by atoms with van der Waals surface area (Å²) < 4.78 is 10.4. The Bertz CT molecular complexity index is 436. The molecule has 1 aromatic heterocycles. The van der Waals surface area contributed by atoms with Gasteiger partial charge in [-0.05, 0) is 0 Å². The molecule has 0 saturated heterocycles. The van der Waals surface area contributed by atoms with Crippen molar-refractivity contribution >= 4 is 0 Å². The molecule has 16 heavy (non-hydrogen) atoms. The molecule has 0 aliphatic heterocycles. The van der Waals surface area contributed by atoms with Crippen LogP contribution in [-0.4, -0.2) is 46.5 Å². The molecule has 1 unspecified atom stereocenters. The number of methoxy groups -OCH3 is 2. The van der Waals surface area contributed by atoms with Crippen LogP contribution >= 0.6 is 0 Å². The number of hydrogen-bond acceptors (Lipinski definition) is 6. The minimum absolute atomic E-state index is 0.192. The van der Waals surface area contributed by atoms with Gasteiger partial charge in [0.05, 0.1) is 6.54 Å².